The predicted molar refractivity (Wildman–Crippen MR) is 93.6 cm³/mol. The molecule has 6 heteroatoms. The van der Waals surface area contributed by atoms with Gasteiger partial charge in [-0.25, -0.2) is 14.5 Å². The van der Waals surface area contributed by atoms with Gasteiger partial charge in [0.05, 0.1) is 18.4 Å². The van der Waals surface area contributed by atoms with Crippen LogP contribution in [0.25, 0.3) is 16.8 Å². The largest absolute Gasteiger partial charge is 0.465 e. The molecule has 2 aromatic carbocycles. The normalized spacial score (nSPS) is 12.0. The molecule has 3 aromatic rings. The number of hydrogen-bond acceptors (Lipinski definition) is 5. The molecule has 1 atom stereocenters. The van der Waals surface area contributed by atoms with E-state index in [0.29, 0.717) is 11.4 Å². The molecule has 3 rings (SSSR count). The minimum Gasteiger partial charge on any atom is -0.465 e. The highest BCUT2D eigenvalue weighted by atomic mass is 16.5. The highest BCUT2D eigenvalue weighted by Gasteiger charge is 2.17. The van der Waals surface area contributed by atoms with Gasteiger partial charge in [0.25, 0.3) is 0 Å². The summed E-state index contributed by atoms with van der Waals surface area (Å²) >= 11 is 0. The van der Waals surface area contributed by atoms with E-state index >= 15 is 0 Å². The third-order valence-electron chi connectivity index (χ3n) is 3.98. The Balaban J connectivity index is 2.17. The zero-order chi connectivity index (χ0) is 17.8. The van der Waals surface area contributed by atoms with Gasteiger partial charge in [-0.15, -0.1) is 0 Å². The minimum atomic E-state index is -0.402. The van der Waals surface area contributed by atoms with Crippen molar-refractivity contribution in [2.75, 3.05) is 14.2 Å². The van der Waals surface area contributed by atoms with Gasteiger partial charge in [-0.05, 0) is 36.2 Å². The van der Waals surface area contributed by atoms with E-state index in [0.717, 1.165) is 16.8 Å². The summed E-state index contributed by atoms with van der Waals surface area (Å²) in [6, 6.07) is 15.3. The average Bonchev–Trinajstić information content (AvgIpc) is 3.17. The highest BCUT2D eigenvalue weighted by Crippen LogP contribution is 2.26. The fraction of sp³-hybridized carbons (Fsp3) is 0.211. The van der Waals surface area contributed by atoms with Crippen molar-refractivity contribution < 1.29 is 14.3 Å². The van der Waals surface area contributed by atoms with Crippen molar-refractivity contribution in [1.29, 1.82) is 0 Å². The second kappa shape index (κ2) is 7.27. The molecular formula is C19H19N3O3. The number of rotatable bonds is 5. The lowest BCUT2D eigenvalue weighted by Crippen LogP contribution is -2.10. The first-order valence-corrected chi connectivity index (χ1v) is 7.86. The summed E-state index contributed by atoms with van der Waals surface area (Å²) in [7, 11) is 2.98. The van der Waals surface area contributed by atoms with E-state index < -0.39 is 5.97 Å². The summed E-state index contributed by atoms with van der Waals surface area (Å²) in [5.74, 6) is 0.254. The Hall–Kier alpha value is -2.99. The third-order valence-corrected chi connectivity index (χ3v) is 3.98. The maximum absolute atomic E-state index is 12.1. The van der Waals surface area contributed by atoms with Crippen molar-refractivity contribution in [2.24, 2.45) is 0 Å². The first-order valence-electron chi connectivity index (χ1n) is 7.86. The lowest BCUT2D eigenvalue weighted by atomic mass is 10.0. The monoisotopic (exact) mass is 337 g/mol. The van der Waals surface area contributed by atoms with Crippen molar-refractivity contribution in [3.63, 3.8) is 0 Å². The quantitative estimate of drug-likeness (QED) is 0.667. The smallest absolute Gasteiger partial charge is 0.337 e. The van der Waals surface area contributed by atoms with Gasteiger partial charge in [0.15, 0.2) is 5.82 Å². The van der Waals surface area contributed by atoms with Gasteiger partial charge in [-0.3, -0.25) is 0 Å². The first kappa shape index (κ1) is 16.9. The molecular weight excluding hydrogens is 318 g/mol. The first-order chi connectivity index (χ1) is 12.1. The number of nitrogens with zero attached hydrogens (tertiary/aromatic N) is 3. The SMILES string of the molecule is COC(=O)c1cc(-c2ccccc2)cc(-n2ncnc2C(C)OC)c1. The standard InChI is InChI=1S/C19H19N3O3/c1-13(24-2)18-20-12-21-22(18)17-10-15(14-7-5-4-6-8-14)9-16(11-17)19(23)25-3/h4-13H,1-3H3. The van der Waals surface area contributed by atoms with Crippen LogP contribution in [0.1, 0.15) is 29.2 Å². The summed E-state index contributed by atoms with van der Waals surface area (Å²) in [6.07, 6.45) is 1.24. The lowest BCUT2D eigenvalue weighted by molar-refractivity contribution is 0.0600. The molecule has 0 aliphatic rings. The van der Waals surface area contributed by atoms with Gasteiger partial charge >= 0.3 is 5.97 Å². The van der Waals surface area contributed by atoms with E-state index in [1.807, 2.05) is 43.3 Å². The van der Waals surface area contributed by atoms with Crippen LogP contribution in [-0.4, -0.2) is 35.0 Å². The molecule has 1 unspecified atom stereocenters. The van der Waals surface area contributed by atoms with Crippen LogP contribution in [0.5, 0.6) is 0 Å². The molecule has 0 radical (unpaired) electrons. The van der Waals surface area contributed by atoms with Crippen LogP contribution in [0.3, 0.4) is 0 Å². The summed E-state index contributed by atoms with van der Waals surface area (Å²) in [5, 5.41) is 4.29. The number of hydrogen-bond donors (Lipinski definition) is 0. The summed E-state index contributed by atoms with van der Waals surface area (Å²) in [6.45, 7) is 1.89. The molecule has 0 aliphatic carbocycles. The second-order valence-electron chi connectivity index (χ2n) is 5.53. The average molecular weight is 337 g/mol. The van der Waals surface area contributed by atoms with Crippen LogP contribution in [0.15, 0.2) is 54.9 Å². The molecule has 0 saturated carbocycles. The summed E-state index contributed by atoms with van der Waals surface area (Å²) in [4.78, 5) is 16.4. The molecule has 0 N–H and O–H groups in total. The Labute approximate surface area is 146 Å². The number of ether oxygens (including phenoxy) is 2. The number of carbonyl (C=O) groups is 1. The van der Waals surface area contributed by atoms with Crippen LogP contribution in [0.2, 0.25) is 0 Å². The van der Waals surface area contributed by atoms with Gasteiger partial charge in [0.1, 0.15) is 12.4 Å². The van der Waals surface area contributed by atoms with Crippen molar-refractivity contribution in [3.8, 4) is 16.8 Å². The van der Waals surface area contributed by atoms with Crippen LogP contribution < -0.4 is 0 Å². The number of methoxy groups -OCH3 is 2. The fourth-order valence-electron chi connectivity index (χ4n) is 2.60. The molecule has 1 aromatic heterocycles. The van der Waals surface area contributed by atoms with Gasteiger partial charge in [-0.1, -0.05) is 30.3 Å². The highest BCUT2D eigenvalue weighted by molar-refractivity contribution is 5.92. The van der Waals surface area contributed by atoms with Crippen LogP contribution in [0, 0.1) is 0 Å². The molecule has 0 spiro atoms. The van der Waals surface area contributed by atoms with E-state index in [1.165, 1.54) is 13.4 Å². The molecule has 25 heavy (non-hydrogen) atoms. The van der Waals surface area contributed by atoms with E-state index in [-0.39, 0.29) is 6.10 Å². The van der Waals surface area contributed by atoms with Crippen molar-refractivity contribution >= 4 is 5.97 Å². The van der Waals surface area contributed by atoms with Gasteiger partial charge in [0.2, 0.25) is 0 Å². The van der Waals surface area contributed by atoms with E-state index in [2.05, 4.69) is 10.1 Å². The molecule has 6 nitrogen and oxygen atoms in total. The number of esters is 1. The second-order valence-corrected chi connectivity index (χ2v) is 5.53. The zero-order valence-electron chi connectivity index (χ0n) is 14.3. The summed E-state index contributed by atoms with van der Waals surface area (Å²) in [5.41, 5.74) is 3.06. The zero-order valence-corrected chi connectivity index (χ0v) is 14.3. The van der Waals surface area contributed by atoms with Crippen molar-refractivity contribution in [3.05, 3.63) is 66.2 Å². The molecule has 0 amide bonds. The fourth-order valence-corrected chi connectivity index (χ4v) is 2.60. The molecule has 0 saturated heterocycles. The Kier molecular flexibility index (Phi) is 4.90. The van der Waals surface area contributed by atoms with E-state index in [9.17, 15) is 4.79 Å². The molecule has 1 heterocycles. The topological polar surface area (TPSA) is 66.2 Å². The van der Waals surface area contributed by atoms with Crippen LogP contribution in [-0.2, 0) is 9.47 Å². The molecule has 0 bridgehead atoms. The molecule has 128 valence electrons. The Morgan fingerprint density at radius 1 is 1.08 bits per heavy atom. The minimum absolute atomic E-state index is 0.232. The number of aromatic nitrogens is 3. The Morgan fingerprint density at radius 2 is 1.84 bits per heavy atom. The maximum atomic E-state index is 12.1. The molecule has 0 fully saturated rings. The Bertz CT molecular complexity index is 875. The summed E-state index contributed by atoms with van der Waals surface area (Å²) < 4.78 is 11.9. The third kappa shape index (κ3) is 3.44. The van der Waals surface area contributed by atoms with Gasteiger partial charge in [0, 0.05) is 7.11 Å². The lowest BCUT2D eigenvalue weighted by Gasteiger charge is -2.13. The molecule has 0 aliphatic heterocycles. The van der Waals surface area contributed by atoms with E-state index in [1.54, 1.807) is 23.9 Å². The van der Waals surface area contributed by atoms with Crippen LogP contribution in [0.4, 0.5) is 0 Å². The van der Waals surface area contributed by atoms with Crippen LogP contribution >= 0.6 is 0 Å². The van der Waals surface area contributed by atoms with Crippen molar-refractivity contribution in [2.45, 2.75) is 13.0 Å². The van der Waals surface area contributed by atoms with Gasteiger partial charge < -0.3 is 9.47 Å². The Morgan fingerprint density at radius 3 is 2.52 bits per heavy atom. The number of carbonyl (C=O) groups excluding carboxylic acids is 1. The maximum Gasteiger partial charge on any atom is 0.337 e. The number of benzene rings is 2. The van der Waals surface area contributed by atoms with Gasteiger partial charge in [-0.2, -0.15) is 5.10 Å². The predicted octanol–water partition coefficient (Wildman–Crippen LogP) is 3.43. The van der Waals surface area contributed by atoms with Crippen molar-refractivity contribution in [1.82, 2.24) is 14.8 Å². The van der Waals surface area contributed by atoms with E-state index in [4.69, 9.17) is 9.47 Å².